The molecule has 0 aliphatic carbocycles. The van der Waals surface area contributed by atoms with Crippen LogP contribution >= 0.6 is 0 Å². The van der Waals surface area contributed by atoms with Crippen molar-refractivity contribution in [1.29, 1.82) is 0 Å². The van der Waals surface area contributed by atoms with Crippen LogP contribution in [-0.4, -0.2) is 28.0 Å². The monoisotopic (exact) mass is 196 g/mol. The first-order valence-corrected chi connectivity index (χ1v) is 4.81. The number of anilines is 1. The van der Waals surface area contributed by atoms with Crippen LogP contribution < -0.4 is 16.9 Å². The van der Waals surface area contributed by atoms with Crippen molar-refractivity contribution in [3.8, 4) is 0 Å². The van der Waals surface area contributed by atoms with Crippen molar-refractivity contribution >= 4 is 5.95 Å². The number of nitrogen functional groups attached to an aromatic ring is 2. The Morgan fingerprint density at radius 1 is 1.50 bits per heavy atom. The summed E-state index contributed by atoms with van der Waals surface area (Å²) in [5.74, 6) is 6.79. The van der Waals surface area contributed by atoms with Gasteiger partial charge in [-0.2, -0.15) is 0 Å². The van der Waals surface area contributed by atoms with Crippen molar-refractivity contribution in [2.75, 3.05) is 24.7 Å². The Morgan fingerprint density at radius 2 is 2.29 bits per heavy atom. The second-order valence-electron chi connectivity index (χ2n) is 4.09. The Hall–Kier alpha value is -1.30. The minimum Gasteiger partial charge on any atom is -0.366 e. The van der Waals surface area contributed by atoms with Gasteiger partial charge in [0, 0.05) is 12.0 Å². The lowest BCUT2D eigenvalue weighted by atomic mass is 9.82. The molecule has 78 valence electrons. The van der Waals surface area contributed by atoms with E-state index in [1.807, 2.05) is 0 Å². The van der Waals surface area contributed by atoms with E-state index in [0.29, 0.717) is 0 Å². The first kappa shape index (κ1) is 9.26. The number of hydrogen-bond donors (Lipinski definition) is 3. The van der Waals surface area contributed by atoms with Crippen molar-refractivity contribution < 1.29 is 0 Å². The SMILES string of the molecule is CC1(c2nnc(N)n2N)CCCNC1. The molecule has 1 atom stereocenters. The molecule has 6 heteroatoms. The minimum atomic E-state index is -0.0440. The van der Waals surface area contributed by atoms with Crippen LogP contribution in [0.5, 0.6) is 0 Å². The molecule has 1 fully saturated rings. The van der Waals surface area contributed by atoms with Crippen LogP contribution in [0.15, 0.2) is 0 Å². The third-order valence-corrected chi connectivity index (χ3v) is 2.86. The van der Waals surface area contributed by atoms with Crippen LogP contribution in [0.4, 0.5) is 5.95 Å². The molecule has 14 heavy (non-hydrogen) atoms. The molecule has 0 amide bonds. The highest BCUT2D eigenvalue weighted by Gasteiger charge is 2.34. The number of nitrogens with two attached hydrogens (primary N) is 2. The second kappa shape index (κ2) is 3.13. The van der Waals surface area contributed by atoms with Gasteiger partial charge in [0.05, 0.1) is 0 Å². The third kappa shape index (κ3) is 1.31. The standard InChI is InChI=1S/C8H16N6/c1-8(3-2-4-11-5-8)6-12-13-7(9)14(6)10/h11H,2-5,10H2,1H3,(H2,9,13). The summed E-state index contributed by atoms with van der Waals surface area (Å²) in [6.45, 7) is 4.07. The topological polar surface area (TPSA) is 94.8 Å². The maximum absolute atomic E-state index is 5.76. The van der Waals surface area contributed by atoms with Crippen molar-refractivity contribution in [2.24, 2.45) is 0 Å². The highest BCUT2D eigenvalue weighted by atomic mass is 15.4. The van der Waals surface area contributed by atoms with E-state index in [2.05, 4.69) is 22.4 Å². The molecule has 6 nitrogen and oxygen atoms in total. The molecule has 5 N–H and O–H groups in total. The molecule has 1 aliphatic rings. The maximum atomic E-state index is 5.76. The number of hydrogen-bond acceptors (Lipinski definition) is 5. The Bertz CT molecular complexity index is 325. The summed E-state index contributed by atoms with van der Waals surface area (Å²) in [4.78, 5) is 0. The van der Waals surface area contributed by atoms with Crippen LogP contribution in [0.1, 0.15) is 25.6 Å². The van der Waals surface area contributed by atoms with E-state index in [1.54, 1.807) is 0 Å². The Balaban J connectivity index is 2.32. The van der Waals surface area contributed by atoms with Gasteiger partial charge in [0.1, 0.15) is 0 Å². The summed E-state index contributed by atoms with van der Waals surface area (Å²) in [5, 5.41) is 11.1. The van der Waals surface area contributed by atoms with E-state index >= 15 is 0 Å². The number of nitrogens with one attached hydrogen (secondary N) is 1. The average molecular weight is 196 g/mol. The van der Waals surface area contributed by atoms with Gasteiger partial charge in [-0.1, -0.05) is 6.92 Å². The smallest absolute Gasteiger partial charge is 0.240 e. The number of aromatic nitrogens is 3. The van der Waals surface area contributed by atoms with Crippen LogP contribution in [0.3, 0.4) is 0 Å². The summed E-state index contributed by atoms with van der Waals surface area (Å²) >= 11 is 0. The van der Waals surface area contributed by atoms with E-state index in [4.69, 9.17) is 11.6 Å². The van der Waals surface area contributed by atoms with Gasteiger partial charge in [0.25, 0.3) is 0 Å². The molecule has 1 aliphatic heterocycles. The predicted molar refractivity (Wildman–Crippen MR) is 54.0 cm³/mol. The van der Waals surface area contributed by atoms with Crippen molar-refractivity contribution in [2.45, 2.75) is 25.2 Å². The van der Waals surface area contributed by atoms with E-state index in [0.717, 1.165) is 31.8 Å². The Labute approximate surface area is 82.6 Å². The summed E-state index contributed by atoms with van der Waals surface area (Å²) in [5.41, 5.74) is 5.51. The van der Waals surface area contributed by atoms with Gasteiger partial charge in [-0.05, 0) is 19.4 Å². The molecule has 1 unspecified atom stereocenters. The van der Waals surface area contributed by atoms with Crippen molar-refractivity contribution in [3.63, 3.8) is 0 Å². The fourth-order valence-corrected chi connectivity index (χ4v) is 1.96. The average Bonchev–Trinajstić information content (AvgIpc) is 2.49. The van der Waals surface area contributed by atoms with Crippen LogP contribution in [0.25, 0.3) is 0 Å². The lowest BCUT2D eigenvalue weighted by Gasteiger charge is -2.32. The fourth-order valence-electron chi connectivity index (χ4n) is 1.96. The molecule has 1 saturated heterocycles. The van der Waals surface area contributed by atoms with Gasteiger partial charge in [-0.15, -0.1) is 10.2 Å². The maximum Gasteiger partial charge on any atom is 0.240 e. The van der Waals surface area contributed by atoms with E-state index < -0.39 is 0 Å². The predicted octanol–water partition coefficient (Wildman–Crippen LogP) is -0.785. The van der Waals surface area contributed by atoms with E-state index in [1.165, 1.54) is 4.68 Å². The highest BCUT2D eigenvalue weighted by molar-refractivity contribution is 5.22. The quantitative estimate of drug-likeness (QED) is 0.512. The molecule has 2 heterocycles. The zero-order valence-corrected chi connectivity index (χ0v) is 8.32. The molecule has 0 saturated carbocycles. The number of nitrogens with zero attached hydrogens (tertiary/aromatic N) is 3. The molecule has 1 aromatic rings. The largest absolute Gasteiger partial charge is 0.366 e. The summed E-state index contributed by atoms with van der Waals surface area (Å²) in [6, 6.07) is 0. The normalized spacial score (nSPS) is 27.8. The first-order valence-electron chi connectivity index (χ1n) is 4.81. The van der Waals surface area contributed by atoms with Gasteiger partial charge < -0.3 is 16.9 Å². The molecule has 2 rings (SSSR count). The Morgan fingerprint density at radius 3 is 2.79 bits per heavy atom. The van der Waals surface area contributed by atoms with Crippen molar-refractivity contribution in [1.82, 2.24) is 20.2 Å². The van der Waals surface area contributed by atoms with E-state index in [-0.39, 0.29) is 11.4 Å². The molecule has 0 spiro atoms. The summed E-state index contributed by atoms with van der Waals surface area (Å²) < 4.78 is 1.38. The lowest BCUT2D eigenvalue weighted by molar-refractivity contribution is 0.318. The molecule has 0 bridgehead atoms. The van der Waals surface area contributed by atoms with Gasteiger partial charge in [0.2, 0.25) is 5.95 Å². The first-order chi connectivity index (χ1) is 6.63. The van der Waals surface area contributed by atoms with Crippen LogP contribution in [-0.2, 0) is 5.41 Å². The molecule has 0 radical (unpaired) electrons. The minimum absolute atomic E-state index is 0.0440. The van der Waals surface area contributed by atoms with Gasteiger partial charge >= 0.3 is 0 Å². The van der Waals surface area contributed by atoms with Gasteiger partial charge in [0.15, 0.2) is 5.82 Å². The summed E-state index contributed by atoms with van der Waals surface area (Å²) in [7, 11) is 0. The fraction of sp³-hybridized carbons (Fsp3) is 0.750. The lowest BCUT2D eigenvalue weighted by Crippen LogP contribution is -2.43. The number of piperidine rings is 1. The van der Waals surface area contributed by atoms with Crippen LogP contribution in [0.2, 0.25) is 0 Å². The Kier molecular flexibility index (Phi) is 2.07. The van der Waals surface area contributed by atoms with Crippen LogP contribution in [0, 0.1) is 0 Å². The molecule has 1 aromatic heterocycles. The second-order valence-corrected chi connectivity index (χ2v) is 4.09. The van der Waals surface area contributed by atoms with E-state index in [9.17, 15) is 0 Å². The van der Waals surface area contributed by atoms with Gasteiger partial charge in [-0.3, -0.25) is 0 Å². The molecular weight excluding hydrogens is 180 g/mol. The van der Waals surface area contributed by atoms with Crippen molar-refractivity contribution in [3.05, 3.63) is 5.82 Å². The molecular formula is C8H16N6. The zero-order valence-electron chi connectivity index (χ0n) is 8.32. The summed E-state index contributed by atoms with van der Waals surface area (Å²) in [6.07, 6.45) is 2.19. The van der Waals surface area contributed by atoms with Gasteiger partial charge in [-0.25, -0.2) is 4.68 Å². The number of rotatable bonds is 1. The third-order valence-electron chi connectivity index (χ3n) is 2.86. The zero-order chi connectivity index (χ0) is 10.2. The molecule has 0 aromatic carbocycles. The highest BCUT2D eigenvalue weighted by Crippen LogP contribution is 2.28.